The van der Waals surface area contributed by atoms with E-state index in [-0.39, 0.29) is 42.0 Å². The molecule has 1 rings (SSSR count). The number of rotatable bonds is 7. The number of hydrogen-bond donors (Lipinski definition) is 3. The molecule has 0 aliphatic rings. The van der Waals surface area contributed by atoms with Gasteiger partial charge >= 0.3 is 0 Å². The molecule has 0 aliphatic carbocycles. The molecular weight excluding hydrogens is 246 g/mol. The molecule has 0 atom stereocenters. The summed E-state index contributed by atoms with van der Waals surface area (Å²) in [6, 6.07) is 4.12. The van der Waals surface area contributed by atoms with Gasteiger partial charge in [-0.1, -0.05) is 0 Å². The molecule has 0 amide bonds. The van der Waals surface area contributed by atoms with Gasteiger partial charge in [0.25, 0.3) is 0 Å². The number of ketones is 1. The summed E-state index contributed by atoms with van der Waals surface area (Å²) in [5, 5.41) is 27.7. The maximum Gasteiger partial charge on any atom is 0.180 e. The summed E-state index contributed by atoms with van der Waals surface area (Å²) in [7, 11) is 0. The molecule has 3 N–H and O–H groups in total. The first kappa shape index (κ1) is 15.5. The number of phenolic OH excluding ortho intramolecular Hbond substituents is 2. The molecule has 0 aliphatic heterocycles. The molecule has 0 heterocycles. The van der Waals surface area contributed by atoms with Gasteiger partial charge in [0.05, 0.1) is 12.1 Å². The Kier molecular flexibility index (Phi) is 5.79. The predicted octanol–water partition coefficient (Wildman–Crippen LogP) is 1.37. The number of hydrogen-bond acceptors (Lipinski definition) is 5. The van der Waals surface area contributed by atoms with Crippen molar-refractivity contribution in [1.82, 2.24) is 4.90 Å². The van der Waals surface area contributed by atoms with Gasteiger partial charge in [0, 0.05) is 25.3 Å². The van der Waals surface area contributed by atoms with E-state index in [0.29, 0.717) is 13.0 Å². The Morgan fingerprint density at radius 2 is 2.00 bits per heavy atom. The molecule has 0 radical (unpaired) electrons. The van der Waals surface area contributed by atoms with Gasteiger partial charge < -0.3 is 15.3 Å². The maximum absolute atomic E-state index is 12.1. The van der Waals surface area contributed by atoms with E-state index in [9.17, 15) is 15.0 Å². The minimum absolute atomic E-state index is 0.0740. The second kappa shape index (κ2) is 7.11. The highest BCUT2D eigenvalue weighted by atomic mass is 16.3. The number of carbonyl (C=O) groups is 1. The lowest BCUT2D eigenvalue weighted by atomic mass is 10.1. The maximum atomic E-state index is 12.1. The van der Waals surface area contributed by atoms with Crippen LogP contribution < -0.4 is 0 Å². The molecule has 0 spiro atoms. The number of nitrogens with zero attached hydrogens (tertiary/aromatic N) is 1. The van der Waals surface area contributed by atoms with Crippen LogP contribution in [-0.4, -0.2) is 51.7 Å². The fraction of sp³-hybridized carbons (Fsp3) is 0.500. The lowest BCUT2D eigenvalue weighted by molar-refractivity contribution is 0.0894. The summed E-state index contributed by atoms with van der Waals surface area (Å²) in [5.74, 6) is -0.491. The molecule has 0 saturated heterocycles. The molecule has 0 bridgehead atoms. The summed E-state index contributed by atoms with van der Waals surface area (Å²) in [6.07, 6.45) is 0.604. The Morgan fingerprint density at radius 1 is 1.32 bits per heavy atom. The van der Waals surface area contributed by atoms with E-state index < -0.39 is 0 Å². The Hall–Kier alpha value is -1.59. The van der Waals surface area contributed by atoms with Gasteiger partial charge in [-0.25, -0.2) is 0 Å². The predicted molar refractivity (Wildman–Crippen MR) is 72.5 cm³/mol. The van der Waals surface area contributed by atoms with E-state index in [4.69, 9.17) is 5.11 Å². The minimum Gasteiger partial charge on any atom is -0.508 e. The van der Waals surface area contributed by atoms with Gasteiger partial charge in [-0.3, -0.25) is 9.69 Å². The normalized spacial score (nSPS) is 11.2. The largest absolute Gasteiger partial charge is 0.508 e. The van der Waals surface area contributed by atoms with Crippen LogP contribution in [0.25, 0.3) is 0 Å². The Morgan fingerprint density at radius 3 is 2.53 bits per heavy atom. The summed E-state index contributed by atoms with van der Waals surface area (Å²) in [6.45, 7) is 4.83. The summed E-state index contributed by atoms with van der Waals surface area (Å²) in [4.78, 5) is 14.0. The first-order chi connectivity index (χ1) is 8.95. The average Bonchev–Trinajstić information content (AvgIpc) is 2.33. The van der Waals surface area contributed by atoms with E-state index in [1.54, 1.807) is 0 Å². The van der Waals surface area contributed by atoms with Crippen molar-refractivity contribution >= 4 is 5.78 Å². The molecular formula is C14H21NO4. The number of phenols is 2. The third kappa shape index (κ3) is 4.54. The van der Waals surface area contributed by atoms with E-state index >= 15 is 0 Å². The first-order valence-corrected chi connectivity index (χ1v) is 6.35. The highest BCUT2D eigenvalue weighted by molar-refractivity contribution is 6.00. The Labute approximate surface area is 113 Å². The third-order valence-corrected chi connectivity index (χ3v) is 2.96. The Balaban J connectivity index is 2.76. The van der Waals surface area contributed by atoms with Crippen LogP contribution in [0.2, 0.25) is 0 Å². The monoisotopic (exact) mass is 267 g/mol. The van der Waals surface area contributed by atoms with Gasteiger partial charge in [0.1, 0.15) is 11.5 Å². The van der Waals surface area contributed by atoms with Crippen molar-refractivity contribution in [1.29, 1.82) is 0 Å². The summed E-state index contributed by atoms with van der Waals surface area (Å²) in [5.41, 5.74) is 0.201. The molecule has 19 heavy (non-hydrogen) atoms. The molecule has 5 heteroatoms. The number of benzene rings is 1. The molecule has 1 aromatic rings. The third-order valence-electron chi connectivity index (χ3n) is 2.96. The number of aliphatic hydroxyl groups excluding tert-OH is 1. The van der Waals surface area contributed by atoms with Crippen LogP contribution >= 0.6 is 0 Å². The van der Waals surface area contributed by atoms with Crippen LogP contribution in [-0.2, 0) is 0 Å². The number of Topliss-reactive ketones (excluding diaryl/α,β-unsaturated/α-hetero) is 1. The quantitative estimate of drug-likeness (QED) is 0.650. The first-order valence-electron chi connectivity index (χ1n) is 6.35. The minimum atomic E-state index is -0.212. The van der Waals surface area contributed by atoms with Gasteiger partial charge in [-0.05, 0) is 32.4 Å². The van der Waals surface area contributed by atoms with Crippen molar-refractivity contribution in [3.8, 4) is 11.5 Å². The fourth-order valence-electron chi connectivity index (χ4n) is 1.82. The number of aromatic hydroxyl groups is 2. The standard InChI is InChI=1S/C14H21NO4/c1-10(2)15(6-3-7-16)9-14(19)12-5-4-11(17)8-13(12)18/h4-5,8,10,16-18H,3,6-7,9H2,1-2H3. The molecule has 0 fully saturated rings. The zero-order valence-electron chi connectivity index (χ0n) is 11.3. The number of aliphatic hydroxyl groups is 1. The van der Waals surface area contributed by atoms with Crippen molar-refractivity contribution in [2.45, 2.75) is 26.3 Å². The Bertz CT molecular complexity index is 431. The average molecular weight is 267 g/mol. The summed E-state index contributed by atoms with van der Waals surface area (Å²) < 4.78 is 0. The molecule has 0 aromatic heterocycles. The molecule has 5 nitrogen and oxygen atoms in total. The topological polar surface area (TPSA) is 81.0 Å². The lowest BCUT2D eigenvalue weighted by Gasteiger charge is -2.25. The van der Waals surface area contributed by atoms with Crippen molar-refractivity contribution in [3.05, 3.63) is 23.8 Å². The zero-order valence-corrected chi connectivity index (χ0v) is 11.3. The van der Waals surface area contributed by atoms with Crippen LogP contribution in [0.4, 0.5) is 0 Å². The second-order valence-electron chi connectivity index (χ2n) is 4.77. The van der Waals surface area contributed by atoms with Crippen LogP contribution in [0.1, 0.15) is 30.6 Å². The van der Waals surface area contributed by atoms with Crippen molar-refractivity contribution < 1.29 is 20.1 Å². The van der Waals surface area contributed by atoms with E-state index in [2.05, 4.69) is 0 Å². The van der Waals surface area contributed by atoms with Gasteiger partial charge in [0.2, 0.25) is 0 Å². The second-order valence-corrected chi connectivity index (χ2v) is 4.77. The van der Waals surface area contributed by atoms with Crippen LogP contribution in [0, 0.1) is 0 Å². The SMILES string of the molecule is CC(C)N(CCCO)CC(=O)c1ccc(O)cc1O. The van der Waals surface area contributed by atoms with Crippen molar-refractivity contribution in [3.63, 3.8) is 0 Å². The van der Waals surface area contributed by atoms with Crippen molar-refractivity contribution in [2.75, 3.05) is 19.7 Å². The molecule has 0 unspecified atom stereocenters. The highest BCUT2D eigenvalue weighted by Gasteiger charge is 2.17. The summed E-state index contributed by atoms with van der Waals surface area (Å²) >= 11 is 0. The van der Waals surface area contributed by atoms with Crippen molar-refractivity contribution in [2.24, 2.45) is 0 Å². The van der Waals surface area contributed by atoms with Crippen LogP contribution in [0.15, 0.2) is 18.2 Å². The van der Waals surface area contributed by atoms with E-state index in [0.717, 1.165) is 6.07 Å². The van der Waals surface area contributed by atoms with Gasteiger partial charge in [-0.15, -0.1) is 0 Å². The zero-order chi connectivity index (χ0) is 14.4. The molecule has 106 valence electrons. The van der Waals surface area contributed by atoms with E-state index in [1.807, 2.05) is 18.7 Å². The van der Waals surface area contributed by atoms with Crippen LogP contribution in [0.5, 0.6) is 11.5 Å². The lowest BCUT2D eigenvalue weighted by Crippen LogP contribution is -2.36. The fourth-order valence-corrected chi connectivity index (χ4v) is 1.82. The smallest absolute Gasteiger partial charge is 0.180 e. The highest BCUT2D eigenvalue weighted by Crippen LogP contribution is 2.23. The van der Waals surface area contributed by atoms with Crippen LogP contribution in [0.3, 0.4) is 0 Å². The molecule has 0 saturated carbocycles. The van der Waals surface area contributed by atoms with E-state index in [1.165, 1.54) is 12.1 Å². The van der Waals surface area contributed by atoms with Gasteiger partial charge in [-0.2, -0.15) is 0 Å². The number of carbonyl (C=O) groups excluding carboxylic acids is 1. The molecule has 1 aromatic carbocycles. The van der Waals surface area contributed by atoms with Gasteiger partial charge in [0.15, 0.2) is 5.78 Å².